The molecule has 6 nitrogen and oxygen atoms in total. The Hall–Kier alpha value is -3.02. The van der Waals surface area contributed by atoms with Gasteiger partial charge in [-0.1, -0.05) is 36.4 Å². The lowest BCUT2D eigenvalue weighted by atomic mass is 10.2. The van der Waals surface area contributed by atoms with Crippen LogP contribution >= 0.6 is 0 Å². The minimum Gasteiger partial charge on any atom is -0.496 e. The first-order chi connectivity index (χ1) is 11.7. The highest BCUT2D eigenvalue weighted by molar-refractivity contribution is 5.89. The monoisotopic (exact) mass is 327 g/mol. The number of anilines is 1. The number of carbonyl (C=O) groups is 2. The van der Waals surface area contributed by atoms with Gasteiger partial charge in [-0.2, -0.15) is 0 Å². The van der Waals surface area contributed by atoms with E-state index in [1.54, 1.807) is 19.2 Å². The van der Waals surface area contributed by atoms with Gasteiger partial charge in [0.25, 0.3) is 0 Å². The number of carbonyl (C=O) groups excluding carboxylic acids is 2. The molecule has 126 valence electrons. The van der Waals surface area contributed by atoms with E-state index in [2.05, 4.69) is 16.0 Å². The van der Waals surface area contributed by atoms with E-state index in [1.165, 1.54) is 0 Å². The first-order valence-corrected chi connectivity index (χ1v) is 7.67. The van der Waals surface area contributed by atoms with Crippen LogP contribution in [-0.2, 0) is 11.3 Å². The van der Waals surface area contributed by atoms with E-state index in [4.69, 9.17) is 4.74 Å². The normalized spacial score (nSPS) is 9.88. The van der Waals surface area contributed by atoms with Crippen molar-refractivity contribution in [2.45, 2.75) is 13.0 Å². The van der Waals surface area contributed by atoms with E-state index in [9.17, 15) is 9.59 Å². The van der Waals surface area contributed by atoms with Gasteiger partial charge in [0.1, 0.15) is 5.75 Å². The maximum Gasteiger partial charge on any atom is 0.319 e. The average molecular weight is 327 g/mol. The van der Waals surface area contributed by atoms with Gasteiger partial charge >= 0.3 is 6.03 Å². The SMILES string of the molecule is COc1ccccc1CNC(=O)CCNC(=O)Nc1ccccc1. The average Bonchev–Trinajstić information content (AvgIpc) is 2.61. The molecule has 0 atom stereocenters. The molecule has 0 aliphatic heterocycles. The number of ether oxygens (including phenoxy) is 1. The molecule has 0 saturated heterocycles. The van der Waals surface area contributed by atoms with Gasteiger partial charge in [0, 0.05) is 30.8 Å². The van der Waals surface area contributed by atoms with Crippen molar-refractivity contribution in [3.63, 3.8) is 0 Å². The summed E-state index contributed by atoms with van der Waals surface area (Å²) in [5.41, 5.74) is 1.61. The molecule has 3 amide bonds. The Morgan fingerprint density at radius 2 is 1.67 bits per heavy atom. The van der Waals surface area contributed by atoms with Crippen molar-refractivity contribution in [3.8, 4) is 5.75 Å². The number of benzene rings is 2. The lowest BCUT2D eigenvalue weighted by molar-refractivity contribution is -0.121. The second-order valence-electron chi connectivity index (χ2n) is 5.09. The summed E-state index contributed by atoms with van der Waals surface area (Å²) in [5, 5.41) is 8.14. The molecule has 2 aromatic carbocycles. The summed E-state index contributed by atoms with van der Waals surface area (Å²) in [6, 6.07) is 16.3. The molecule has 24 heavy (non-hydrogen) atoms. The summed E-state index contributed by atoms with van der Waals surface area (Å²) in [6.45, 7) is 0.648. The molecule has 0 spiro atoms. The molecule has 0 unspecified atom stereocenters. The van der Waals surface area contributed by atoms with Crippen LogP contribution in [0, 0.1) is 0 Å². The Balaban J connectivity index is 1.67. The lowest BCUT2D eigenvalue weighted by Gasteiger charge is -2.10. The molecule has 0 saturated carbocycles. The molecule has 6 heteroatoms. The summed E-state index contributed by atoms with van der Waals surface area (Å²) >= 11 is 0. The van der Waals surface area contributed by atoms with Gasteiger partial charge < -0.3 is 20.7 Å². The van der Waals surface area contributed by atoms with Gasteiger partial charge in [-0.15, -0.1) is 0 Å². The number of hydrogen-bond donors (Lipinski definition) is 3. The van der Waals surface area contributed by atoms with Crippen LogP contribution < -0.4 is 20.7 Å². The van der Waals surface area contributed by atoms with Gasteiger partial charge in [-0.3, -0.25) is 4.79 Å². The smallest absolute Gasteiger partial charge is 0.319 e. The third-order valence-electron chi connectivity index (χ3n) is 3.34. The molecule has 2 rings (SSSR count). The van der Waals surface area contributed by atoms with Crippen LogP contribution in [0.3, 0.4) is 0 Å². The zero-order valence-corrected chi connectivity index (χ0v) is 13.5. The topological polar surface area (TPSA) is 79.5 Å². The number of urea groups is 1. The number of methoxy groups -OCH3 is 1. The molecule has 0 bridgehead atoms. The highest BCUT2D eigenvalue weighted by atomic mass is 16.5. The first kappa shape index (κ1) is 17.3. The fourth-order valence-corrected chi connectivity index (χ4v) is 2.12. The minimum absolute atomic E-state index is 0.138. The fourth-order valence-electron chi connectivity index (χ4n) is 2.12. The summed E-state index contributed by atoms with van der Waals surface area (Å²) in [4.78, 5) is 23.5. The molecule has 2 aromatic rings. The van der Waals surface area contributed by atoms with Gasteiger partial charge in [0.15, 0.2) is 0 Å². The Labute approximate surface area is 141 Å². The predicted octanol–water partition coefficient (Wildman–Crippen LogP) is 2.52. The highest BCUT2D eigenvalue weighted by Crippen LogP contribution is 2.16. The van der Waals surface area contributed by atoms with Crippen molar-refractivity contribution < 1.29 is 14.3 Å². The summed E-state index contributed by atoms with van der Waals surface area (Å²) in [7, 11) is 1.59. The van der Waals surface area contributed by atoms with Gasteiger partial charge in [-0.25, -0.2) is 4.79 Å². The van der Waals surface area contributed by atoms with Crippen LogP contribution in [0.2, 0.25) is 0 Å². The molecule has 3 N–H and O–H groups in total. The zero-order valence-electron chi connectivity index (χ0n) is 13.5. The Morgan fingerprint density at radius 1 is 0.958 bits per heavy atom. The van der Waals surface area contributed by atoms with E-state index in [-0.39, 0.29) is 24.9 Å². The van der Waals surface area contributed by atoms with Crippen molar-refractivity contribution in [3.05, 3.63) is 60.2 Å². The van der Waals surface area contributed by atoms with E-state index in [0.717, 1.165) is 11.3 Å². The molecule has 0 aliphatic rings. The predicted molar refractivity (Wildman–Crippen MR) is 92.9 cm³/mol. The van der Waals surface area contributed by atoms with Crippen molar-refractivity contribution in [2.75, 3.05) is 19.0 Å². The number of amides is 3. The van der Waals surface area contributed by atoms with Crippen LogP contribution in [0.25, 0.3) is 0 Å². The third kappa shape index (κ3) is 5.64. The maximum atomic E-state index is 11.8. The fraction of sp³-hybridized carbons (Fsp3) is 0.222. The van der Waals surface area contributed by atoms with Crippen molar-refractivity contribution in [1.29, 1.82) is 0 Å². The van der Waals surface area contributed by atoms with E-state index in [0.29, 0.717) is 12.2 Å². The van der Waals surface area contributed by atoms with Crippen LogP contribution in [-0.4, -0.2) is 25.6 Å². The number of para-hydroxylation sites is 2. The second kappa shape index (κ2) is 9.19. The summed E-state index contributed by atoms with van der Waals surface area (Å²) in [5.74, 6) is 0.596. The van der Waals surface area contributed by atoms with Gasteiger partial charge in [0.05, 0.1) is 7.11 Å². The quantitative estimate of drug-likeness (QED) is 0.731. The second-order valence-corrected chi connectivity index (χ2v) is 5.09. The van der Waals surface area contributed by atoms with Crippen LogP contribution in [0.15, 0.2) is 54.6 Å². The van der Waals surface area contributed by atoms with Crippen molar-refractivity contribution in [2.24, 2.45) is 0 Å². The maximum absolute atomic E-state index is 11.8. The highest BCUT2D eigenvalue weighted by Gasteiger charge is 2.06. The molecule has 0 aliphatic carbocycles. The molecule has 0 aromatic heterocycles. The van der Waals surface area contributed by atoms with E-state index < -0.39 is 0 Å². The summed E-state index contributed by atoms with van der Waals surface area (Å²) in [6.07, 6.45) is 0.206. The zero-order chi connectivity index (χ0) is 17.2. The largest absolute Gasteiger partial charge is 0.496 e. The Bertz CT molecular complexity index is 674. The first-order valence-electron chi connectivity index (χ1n) is 7.67. The molecular formula is C18H21N3O3. The van der Waals surface area contributed by atoms with Gasteiger partial charge in [-0.05, 0) is 18.2 Å². The van der Waals surface area contributed by atoms with Crippen LogP contribution in [0.1, 0.15) is 12.0 Å². The third-order valence-corrected chi connectivity index (χ3v) is 3.34. The number of rotatable bonds is 7. The molecular weight excluding hydrogens is 306 g/mol. The Morgan fingerprint density at radius 3 is 2.42 bits per heavy atom. The number of hydrogen-bond acceptors (Lipinski definition) is 3. The molecule has 0 radical (unpaired) electrons. The van der Waals surface area contributed by atoms with Crippen LogP contribution in [0.5, 0.6) is 5.75 Å². The molecule has 0 fully saturated rings. The van der Waals surface area contributed by atoms with Gasteiger partial charge in [0.2, 0.25) is 5.91 Å². The number of nitrogens with one attached hydrogen (secondary N) is 3. The van der Waals surface area contributed by atoms with Crippen molar-refractivity contribution in [1.82, 2.24) is 10.6 Å². The lowest BCUT2D eigenvalue weighted by Crippen LogP contribution is -2.33. The minimum atomic E-state index is -0.335. The Kier molecular flexibility index (Phi) is 6.64. The summed E-state index contributed by atoms with van der Waals surface area (Å²) < 4.78 is 5.23. The van der Waals surface area contributed by atoms with Crippen molar-refractivity contribution >= 4 is 17.6 Å². The van der Waals surface area contributed by atoms with E-state index in [1.807, 2.05) is 42.5 Å². The standard InChI is InChI=1S/C18H21N3O3/c1-24-16-10-6-5-7-14(16)13-20-17(22)11-12-19-18(23)21-15-8-3-2-4-9-15/h2-10H,11-13H2,1H3,(H,20,22)(H2,19,21,23). The molecule has 0 heterocycles. The van der Waals surface area contributed by atoms with Crippen LogP contribution in [0.4, 0.5) is 10.5 Å². The van der Waals surface area contributed by atoms with E-state index >= 15 is 0 Å².